The van der Waals surface area contributed by atoms with E-state index < -0.39 is 36.2 Å². The first-order chi connectivity index (χ1) is 37.9. The Bertz CT molecular complexity index is 2540. The van der Waals surface area contributed by atoms with Gasteiger partial charge in [0.15, 0.2) is 0 Å². The fourth-order valence-electron chi connectivity index (χ4n) is 12.3. The van der Waals surface area contributed by atoms with E-state index >= 15 is 4.79 Å². The first kappa shape index (κ1) is 57.4. The molecular formula is C64H85N3O10. The Hall–Kier alpha value is -5.73. The molecule has 0 spiro atoms. The largest absolute Gasteiger partial charge is 0.459 e. The van der Waals surface area contributed by atoms with Gasteiger partial charge in [-0.1, -0.05) is 168 Å². The second-order valence-corrected chi connectivity index (χ2v) is 21.5. The maximum Gasteiger partial charge on any atom is 0.412 e. The van der Waals surface area contributed by atoms with E-state index in [9.17, 15) is 15.0 Å². The molecule has 13 nitrogen and oxygen atoms in total. The third-order valence-electron chi connectivity index (χ3n) is 16.1. The fourth-order valence-corrected chi connectivity index (χ4v) is 12.3. The molecule has 1 saturated heterocycles. The third-order valence-corrected chi connectivity index (χ3v) is 16.1. The van der Waals surface area contributed by atoms with Crippen molar-refractivity contribution in [2.24, 2.45) is 22.9 Å². The highest BCUT2D eigenvalue weighted by Gasteiger charge is 2.66. The molecule has 77 heavy (non-hydrogen) atoms. The van der Waals surface area contributed by atoms with Crippen LogP contribution in [0.1, 0.15) is 158 Å². The first-order valence-corrected chi connectivity index (χ1v) is 29.1. The van der Waals surface area contributed by atoms with Gasteiger partial charge in [0.25, 0.3) is 0 Å². The molecule has 416 valence electrons. The van der Waals surface area contributed by atoms with Gasteiger partial charge in [0.05, 0.1) is 38.0 Å². The standard InChI is InChI=1S/C64H85N3O10/c1-3-5-6-7-8-9-10-11-12-23-41-73-63(71)67(46-50-31-25-30-48-28-16-17-32-52(48)50)58-44-56(66-77-59-34-20-24-40-72-59)54-42-49(29-18-21-37-68)53(33-19-22-38-69)60-55-43-51(75-62(70)65-45-47-26-14-13-15-27-47)35-36-57(55)76-64(58,61(54)60)74-39-4-2/h4,13-17,25-28,30-32,35-36,42-43,49,53,58-61,68-69H,2-3,5-12,18-24,29,33-34,37-41,44-46H2,1H3,(H,65,70). The molecule has 0 aromatic heterocycles. The maximum absolute atomic E-state index is 15.4. The normalized spacial score (nSPS) is 23.0. The third kappa shape index (κ3) is 15.1. The van der Waals surface area contributed by atoms with Gasteiger partial charge in [0.2, 0.25) is 12.1 Å². The summed E-state index contributed by atoms with van der Waals surface area (Å²) in [5, 5.41) is 30.3. The number of hydrogen-bond acceptors (Lipinski definition) is 11. The summed E-state index contributed by atoms with van der Waals surface area (Å²) >= 11 is 0. The molecule has 7 unspecified atom stereocenters. The molecule has 4 aromatic carbocycles. The molecule has 0 bridgehead atoms. The lowest BCUT2D eigenvalue weighted by atomic mass is 9.55. The number of ether oxygens (including phenoxy) is 5. The summed E-state index contributed by atoms with van der Waals surface area (Å²) in [6.07, 6.45) is 21.2. The molecule has 7 atom stereocenters. The number of oxime groups is 1. The van der Waals surface area contributed by atoms with E-state index in [0.29, 0.717) is 49.6 Å². The fraction of sp³-hybridized carbons (Fsp3) is 0.547. The molecule has 0 radical (unpaired) electrons. The van der Waals surface area contributed by atoms with Crippen LogP contribution in [0.5, 0.6) is 11.5 Å². The number of aliphatic hydroxyl groups is 2. The second kappa shape index (κ2) is 29.9. The Kier molecular flexibility index (Phi) is 22.3. The predicted molar refractivity (Wildman–Crippen MR) is 302 cm³/mol. The minimum Gasteiger partial charge on any atom is -0.459 e. The lowest BCUT2D eigenvalue weighted by Gasteiger charge is -2.60. The zero-order valence-electron chi connectivity index (χ0n) is 45.6. The SMILES string of the molecule is C=CCOC12Oc3ccc(OC(=O)NCc4ccccc4)cc3C3C(CCCCO)C(CCCCO)C=C(C(=NOC4CCCCO4)CC1N(Cc1cccc4ccccc14)C(=O)OCCCCCCCCCCCC)C32. The van der Waals surface area contributed by atoms with Crippen molar-refractivity contribution in [2.45, 2.75) is 172 Å². The van der Waals surface area contributed by atoms with Gasteiger partial charge in [-0.25, -0.2) is 9.59 Å². The molecule has 8 rings (SSSR count). The van der Waals surface area contributed by atoms with Gasteiger partial charge in [-0.05, 0) is 102 Å². The Labute approximate surface area is 457 Å². The van der Waals surface area contributed by atoms with Crippen molar-refractivity contribution < 1.29 is 48.3 Å². The Morgan fingerprint density at radius 3 is 2.34 bits per heavy atom. The lowest BCUT2D eigenvalue weighted by molar-refractivity contribution is -0.256. The van der Waals surface area contributed by atoms with Crippen LogP contribution < -0.4 is 14.8 Å². The number of carbonyl (C=O) groups is 2. The number of unbranched alkanes of at least 4 members (excludes halogenated alkanes) is 11. The molecule has 3 N–H and O–H groups in total. The zero-order valence-corrected chi connectivity index (χ0v) is 45.6. The van der Waals surface area contributed by atoms with Crippen LogP contribution in [0.2, 0.25) is 0 Å². The molecule has 2 amide bonds. The minimum atomic E-state index is -1.53. The van der Waals surface area contributed by atoms with Crippen molar-refractivity contribution in [1.82, 2.24) is 10.2 Å². The molecule has 1 saturated carbocycles. The monoisotopic (exact) mass is 1060 g/mol. The number of aliphatic hydroxyl groups excluding tert-OH is 2. The molecule has 2 aliphatic heterocycles. The van der Waals surface area contributed by atoms with Gasteiger partial charge in [-0.2, -0.15) is 0 Å². The number of fused-ring (bicyclic) bond motifs is 3. The Morgan fingerprint density at radius 1 is 0.844 bits per heavy atom. The molecule has 4 aromatic rings. The van der Waals surface area contributed by atoms with Crippen molar-refractivity contribution in [3.63, 3.8) is 0 Å². The number of rotatable bonds is 30. The summed E-state index contributed by atoms with van der Waals surface area (Å²) in [5.41, 5.74) is 4.30. The van der Waals surface area contributed by atoms with E-state index in [1.807, 2.05) is 65.6 Å². The topological polar surface area (TPSA) is 158 Å². The van der Waals surface area contributed by atoms with Crippen LogP contribution in [0.25, 0.3) is 10.8 Å². The Morgan fingerprint density at radius 2 is 1.58 bits per heavy atom. The van der Waals surface area contributed by atoms with Crippen molar-refractivity contribution in [1.29, 1.82) is 0 Å². The van der Waals surface area contributed by atoms with Crippen LogP contribution in [-0.2, 0) is 32.1 Å². The smallest absolute Gasteiger partial charge is 0.412 e. The summed E-state index contributed by atoms with van der Waals surface area (Å²) in [6, 6.07) is 28.8. The van der Waals surface area contributed by atoms with E-state index in [0.717, 1.165) is 90.8 Å². The molecule has 2 aliphatic carbocycles. The van der Waals surface area contributed by atoms with Crippen LogP contribution in [0.3, 0.4) is 0 Å². The average Bonchev–Trinajstić information content (AvgIpc) is 3.58. The summed E-state index contributed by atoms with van der Waals surface area (Å²) < 4.78 is 33.4. The Balaban J connectivity index is 1.23. The van der Waals surface area contributed by atoms with Crippen LogP contribution in [0.15, 0.2) is 120 Å². The highest BCUT2D eigenvalue weighted by Crippen LogP contribution is 2.62. The molecule has 13 heteroatoms. The molecule has 2 heterocycles. The van der Waals surface area contributed by atoms with E-state index in [1.165, 1.54) is 44.9 Å². The summed E-state index contributed by atoms with van der Waals surface area (Å²) in [4.78, 5) is 37.2. The van der Waals surface area contributed by atoms with Gasteiger partial charge >= 0.3 is 12.2 Å². The van der Waals surface area contributed by atoms with Crippen LogP contribution in [0.4, 0.5) is 9.59 Å². The highest BCUT2D eigenvalue weighted by molar-refractivity contribution is 6.03. The number of benzene rings is 4. The number of hydrogen-bond donors (Lipinski definition) is 3. The number of allylic oxidation sites excluding steroid dienone is 1. The van der Waals surface area contributed by atoms with E-state index in [-0.39, 0.29) is 57.1 Å². The number of nitrogens with zero attached hydrogens (tertiary/aromatic N) is 2. The van der Waals surface area contributed by atoms with Gasteiger partial charge in [-0.3, -0.25) is 4.90 Å². The van der Waals surface area contributed by atoms with Crippen LogP contribution in [0, 0.1) is 17.8 Å². The van der Waals surface area contributed by atoms with Gasteiger partial charge in [0, 0.05) is 44.1 Å². The van der Waals surface area contributed by atoms with Crippen molar-refractivity contribution >= 4 is 28.7 Å². The number of nitrogens with one attached hydrogen (secondary N) is 1. The molecule has 4 aliphatic rings. The zero-order chi connectivity index (χ0) is 53.7. The minimum absolute atomic E-state index is 0.00350. The number of amides is 2. The summed E-state index contributed by atoms with van der Waals surface area (Å²) in [6.45, 7) is 7.95. The lowest BCUT2D eigenvalue weighted by Crippen LogP contribution is -2.70. The summed E-state index contributed by atoms with van der Waals surface area (Å²) in [7, 11) is 0. The molecule has 2 fully saturated rings. The van der Waals surface area contributed by atoms with Gasteiger partial charge in [0.1, 0.15) is 17.5 Å². The first-order valence-electron chi connectivity index (χ1n) is 29.1. The van der Waals surface area contributed by atoms with Crippen molar-refractivity contribution in [2.75, 3.05) is 33.0 Å². The summed E-state index contributed by atoms with van der Waals surface area (Å²) in [5.74, 6) is -1.57. The maximum atomic E-state index is 15.4. The van der Waals surface area contributed by atoms with Crippen molar-refractivity contribution in [3.05, 3.63) is 132 Å². The van der Waals surface area contributed by atoms with Crippen molar-refractivity contribution in [3.8, 4) is 11.5 Å². The van der Waals surface area contributed by atoms with Crippen LogP contribution in [-0.4, -0.2) is 84.2 Å². The predicted octanol–water partition coefficient (Wildman–Crippen LogP) is 13.8. The van der Waals surface area contributed by atoms with E-state index in [2.05, 4.69) is 49.2 Å². The van der Waals surface area contributed by atoms with E-state index in [1.54, 1.807) is 12.1 Å². The van der Waals surface area contributed by atoms with Crippen LogP contribution >= 0.6 is 0 Å². The quantitative estimate of drug-likeness (QED) is 0.0261. The van der Waals surface area contributed by atoms with E-state index in [4.69, 9.17) is 33.7 Å². The van der Waals surface area contributed by atoms with Gasteiger partial charge in [-0.15, -0.1) is 6.58 Å². The average molecular weight is 1060 g/mol. The molecular weight excluding hydrogens is 971 g/mol. The second-order valence-electron chi connectivity index (χ2n) is 21.5. The highest BCUT2D eigenvalue weighted by atomic mass is 16.8. The number of carbonyl (C=O) groups excluding carboxylic acids is 2. The van der Waals surface area contributed by atoms with Gasteiger partial charge < -0.3 is 44.1 Å².